The molecule has 1 amide bonds. The second-order valence-corrected chi connectivity index (χ2v) is 3.31. The number of hydrogen-bond acceptors (Lipinski definition) is 3. The van der Waals surface area contributed by atoms with Crippen molar-refractivity contribution in [3.63, 3.8) is 0 Å². The highest BCUT2D eigenvalue weighted by molar-refractivity contribution is 5.98. The molecule has 1 aromatic heterocycles. The second kappa shape index (κ2) is 4.72. The summed E-state index contributed by atoms with van der Waals surface area (Å²) in [4.78, 5) is 16.8. The van der Waals surface area contributed by atoms with E-state index in [1.807, 2.05) is 6.92 Å². The Labute approximate surface area is 87.9 Å². The maximum Gasteiger partial charge on any atom is 0.257 e. The lowest BCUT2D eigenvalue weighted by molar-refractivity contribution is 0.0795. The molecule has 0 saturated carbocycles. The highest BCUT2D eigenvalue weighted by atomic mass is 19.1. The fourth-order valence-corrected chi connectivity index (χ4v) is 1.26. The number of anilines is 1. The molecule has 0 fully saturated rings. The topological polar surface area (TPSA) is 59.2 Å². The Kier molecular flexibility index (Phi) is 3.60. The first-order chi connectivity index (χ1) is 7.06. The summed E-state index contributed by atoms with van der Waals surface area (Å²) in [5, 5.41) is 0. The standard InChI is InChI=1S/C10H14FN3O/c1-3-4-14(2)10(15)8-5-7(11)6-13-9(8)12/h5-6H,3-4H2,1-2H3,(H2,12,13). The molecule has 1 heterocycles. The van der Waals surface area contributed by atoms with Crippen LogP contribution in [0.5, 0.6) is 0 Å². The van der Waals surface area contributed by atoms with Gasteiger partial charge in [-0.15, -0.1) is 0 Å². The Morgan fingerprint density at radius 1 is 1.67 bits per heavy atom. The molecule has 15 heavy (non-hydrogen) atoms. The number of nitrogens with two attached hydrogens (primary N) is 1. The van der Waals surface area contributed by atoms with Crippen LogP contribution in [0, 0.1) is 5.82 Å². The van der Waals surface area contributed by atoms with Crippen molar-refractivity contribution in [3.8, 4) is 0 Å². The summed E-state index contributed by atoms with van der Waals surface area (Å²) >= 11 is 0. The van der Waals surface area contributed by atoms with E-state index in [1.165, 1.54) is 4.90 Å². The lowest BCUT2D eigenvalue weighted by atomic mass is 10.2. The first-order valence-electron chi connectivity index (χ1n) is 4.72. The van der Waals surface area contributed by atoms with Crippen LogP contribution in [0.25, 0.3) is 0 Å². The first kappa shape index (κ1) is 11.4. The van der Waals surface area contributed by atoms with Gasteiger partial charge in [-0.25, -0.2) is 9.37 Å². The summed E-state index contributed by atoms with van der Waals surface area (Å²) in [6.07, 6.45) is 1.83. The van der Waals surface area contributed by atoms with Gasteiger partial charge in [-0.1, -0.05) is 6.92 Å². The van der Waals surface area contributed by atoms with Crippen molar-refractivity contribution < 1.29 is 9.18 Å². The highest BCUT2D eigenvalue weighted by Gasteiger charge is 2.15. The van der Waals surface area contributed by atoms with Gasteiger partial charge < -0.3 is 10.6 Å². The SMILES string of the molecule is CCCN(C)C(=O)c1cc(F)cnc1N. The third-order valence-electron chi connectivity index (χ3n) is 2.02. The van der Waals surface area contributed by atoms with Gasteiger partial charge in [-0.2, -0.15) is 0 Å². The minimum absolute atomic E-state index is 0.0596. The van der Waals surface area contributed by atoms with Gasteiger partial charge in [-0.3, -0.25) is 4.79 Å². The maximum atomic E-state index is 12.9. The van der Waals surface area contributed by atoms with Crippen molar-refractivity contribution in [2.75, 3.05) is 19.3 Å². The van der Waals surface area contributed by atoms with Crippen molar-refractivity contribution in [2.45, 2.75) is 13.3 Å². The molecule has 0 atom stereocenters. The Morgan fingerprint density at radius 2 is 2.33 bits per heavy atom. The van der Waals surface area contributed by atoms with Gasteiger partial charge in [0.25, 0.3) is 5.91 Å². The molecule has 0 spiro atoms. The lowest BCUT2D eigenvalue weighted by Crippen LogP contribution is -2.28. The molecule has 0 aliphatic heterocycles. The lowest BCUT2D eigenvalue weighted by Gasteiger charge is -2.16. The van der Waals surface area contributed by atoms with E-state index in [0.717, 1.165) is 18.7 Å². The van der Waals surface area contributed by atoms with Crippen molar-refractivity contribution in [3.05, 3.63) is 23.6 Å². The van der Waals surface area contributed by atoms with Crippen molar-refractivity contribution in [2.24, 2.45) is 0 Å². The van der Waals surface area contributed by atoms with E-state index in [0.29, 0.717) is 6.54 Å². The molecular weight excluding hydrogens is 197 g/mol. The Bertz CT molecular complexity index is 368. The smallest absolute Gasteiger partial charge is 0.257 e. The largest absolute Gasteiger partial charge is 0.383 e. The normalized spacial score (nSPS) is 10.1. The Balaban J connectivity index is 2.95. The molecule has 1 aromatic rings. The van der Waals surface area contributed by atoms with E-state index in [4.69, 9.17) is 5.73 Å². The quantitative estimate of drug-likeness (QED) is 0.819. The summed E-state index contributed by atoms with van der Waals surface area (Å²) < 4.78 is 12.9. The number of rotatable bonds is 3. The predicted molar refractivity (Wildman–Crippen MR) is 55.9 cm³/mol. The van der Waals surface area contributed by atoms with Gasteiger partial charge in [-0.05, 0) is 12.5 Å². The maximum absolute atomic E-state index is 12.9. The molecular formula is C10H14FN3O. The van der Waals surface area contributed by atoms with Crippen LogP contribution in [0.3, 0.4) is 0 Å². The van der Waals surface area contributed by atoms with Crippen LogP contribution >= 0.6 is 0 Å². The third-order valence-corrected chi connectivity index (χ3v) is 2.02. The molecule has 0 radical (unpaired) electrons. The van der Waals surface area contributed by atoms with Gasteiger partial charge in [0.1, 0.15) is 11.6 Å². The predicted octanol–water partition coefficient (Wildman–Crippen LogP) is 1.28. The van der Waals surface area contributed by atoms with Crippen LogP contribution in [0.15, 0.2) is 12.3 Å². The molecule has 4 nitrogen and oxygen atoms in total. The van der Waals surface area contributed by atoms with Crippen molar-refractivity contribution in [1.82, 2.24) is 9.88 Å². The summed E-state index contributed by atoms with van der Waals surface area (Å²) in [5.41, 5.74) is 5.62. The van der Waals surface area contributed by atoms with Crippen LogP contribution in [-0.4, -0.2) is 29.4 Å². The Morgan fingerprint density at radius 3 is 2.93 bits per heavy atom. The van der Waals surface area contributed by atoms with Crippen LogP contribution in [-0.2, 0) is 0 Å². The van der Waals surface area contributed by atoms with Gasteiger partial charge in [0, 0.05) is 13.6 Å². The molecule has 0 bridgehead atoms. The van der Waals surface area contributed by atoms with Crippen LogP contribution < -0.4 is 5.73 Å². The zero-order chi connectivity index (χ0) is 11.4. The first-order valence-corrected chi connectivity index (χ1v) is 4.72. The average molecular weight is 211 g/mol. The molecule has 1 rings (SSSR count). The van der Waals surface area contributed by atoms with Gasteiger partial charge in [0.2, 0.25) is 0 Å². The third kappa shape index (κ3) is 2.65. The monoisotopic (exact) mass is 211 g/mol. The van der Waals surface area contributed by atoms with Gasteiger partial charge >= 0.3 is 0 Å². The molecule has 5 heteroatoms. The summed E-state index contributed by atoms with van der Waals surface area (Å²) in [6.45, 7) is 2.56. The average Bonchev–Trinajstić information content (AvgIpc) is 2.21. The molecule has 0 aliphatic rings. The zero-order valence-electron chi connectivity index (χ0n) is 8.83. The van der Waals surface area contributed by atoms with Crippen molar-refractivity contribution >= 4 is 11.7 Å². The number of pyridine rings is 1. The minimum Gasteiger partial charge on any atom is -0.383 e. The number of nitrogens with zero attached hydrogens (tertiary/aromatic N) is 2. The summed E-state index contributed by atoms with van der Waals surface area (Å²) in [6, 6.07) is 1.11. The van der Waals surface area contributed by atoms with Gasteiger partial charge in [0.05, 0.1) is 11.8 Å². The fraction of sp³-hybridized carbons (Fsp3) is 0.400. The number of aromatic nitrogens is 1. The molecule has 2 N–H and O–H groups in total. The molecule has 0 saturated heterocycles. The van der Waals surface area contributed by atoms with Crippen molar-refractivity contribution in [1.29, 1.82) is 0 Å². The van der Waals surface area contributed by atoms with Crippen LogP contribution in [0.2, 0.25) is 0 Å². The molecule has 0 aromatic carbocycles. The molecule has 0 unspecified atom stereocenters. The second-order valence-electron chi connectivity index (χ2n) is 3.31. The van der Waals surface area contributed by atoms with Crippen LogP contribution in [0.1, 0.15) is 23.7 Å². The highest BCUT2D eigenvalue weighted by Crippen LogP contribution is 2.12. The number of carbonyl (C=O) groups excluding carboxylic acids is 1. The van der Waals surface area contributed by atoms with E-state index in [-0.39, 0.29) is 17.3 Å². The number of amides is 1. The number of hydrogen-bond donors (Lipinski definition) is 1. The molecule has 82 valence electrons. The number of carbonyl (C=O) groups is 1. The van der Waals surface area contributed by atoms with E-state index in [9.17, 15) is 9.18 Å². The van der Waals surface area contributed by atoms with Gasteiger partial charge in [0.15, 0.2) is 0 Å². The van der Waals surface area contributed by atoms with E-state index in [2.05, 4.69) is 4.98 Å². The van der Waals surface area contributed by atoms with E-state index < -0.39 is 5.82 Å². The summed E-state index contributed by atoms with van der Waals surface area (Å²) in [5.74, 6) is -0.803. The summed E-state index contributed by atoms with van der Waals surface area (Å²) in [7, 11) is 1.65. The number of nitrogen functional groups attached to an aromatic ring is 1. The Hall–Kier alpha value is -1.65. The number of halogens is 1. The van der Waals surface area contributed by atoms with E-state index >= 15 is 0 Å². The fourth-order valence-electron chi connectivity index (χ4n) is 1.26. The van der Waals surface area contributed by atoms with Crippen LogP contribution in [0.4, 0.5) is 10.2 Å². The van der Waals surface area contributed by atoms with E-state index in [1.54, 1.807) is 7.05 Å². The minimum atomic E-state index is -0.558. The zero-order valence-corrected chi connectivity index (χ0v) is 8.83. The molecule has 0 aliphatic carbocycles.